The first kappa shape index (κ1) is 13.2. The zero-order valence-electron chi connectivity index (χ0n) is 8.79. The molecule has 0 saturated carbocycles. The number of hydrogen-bond acceptors (Lipinski definition) is 3. The van der Waals surface area contributed by atoms with Crippen molar-refractivity contribution in [3.8, 4) is 0 Å². The minimum atomic E-state index is -1.13. The van der Waals surface area contributed by atoms with Crippen LogP contribution in [0.4, 0.5) is 4.79 Å². The van der Waals surface area contributed by atoms with Crippen molar-refractivity contribution < 1.29 is 15.0 Å². The maximum Gasteiger partial charge on any atom is 0.419 e. The van der Waals surface area contributed by atoms with Crippen molar-refractivity contribution in [1.29, 1.82) is 0 Å². The first-order chi connectivity index (χ1) is 6.61. The normalized spacial score (nSPS) is 14.8. The molecule has 0 aliphatic carbocycles. The Kier molecular flexibility index (Phi) is 7.14. The van der Waals surface area contributed by atoms with Crippen molar-refractivity contribution >= 4 is 6.09 Å². The van der Waals surface area contributed by atoms with Crippen LogP contribution in [0.15, 0.2) is 0 Å². The molecule has 84 valence electrons. The lowest BCUT2D eigenvalue weighted by atomic mass is 10.0. The molecule has 2 unspecified atom stereocenters. The van der Waals surface area contributed by atoms with Crippen LogP contribution in [0.5, 0.6) is 0 Å². The summed E-state index contributed by atoms with van der Waals surface area (Å²) in [7, 11) is 0. The van der Waals surface area contributed by atoms with Crippen LogP contribution >= 0.6 is 0 Å². The zero-order chi connectivity index (χ0) is 11.0. The molecule has 0 aromatic carbocycles. The molecule has 0 rings (SSSR count). The van der Waals surface area contributed by atoms with Crippen LogP contribution in [0.2, 0.25) is 0 Å². The van der Waals surface area contributed by atoms with E-state index < -0.39 is 12.2 Å². The molecule has 2 atom stereocenters. The Bertz CT molecular complexity index is 164. The van der Waals surface area contributed by atoms with Crippen LogP contribution in [0.3, 0.4) is 0 Å². The summed E-state index contributed by atoms with van der Waals surface area (Å²) in [5.74, 6) is 0. The fraction of sp³-hybridized carbons (Fsp3) is 0.889. The summed E-state index contributed by atoms with van der Waals surface area (Å²) < 4.78 is 0. The van der Waals surface area contributed by atoms with Crippen molar-refractivity contribution in [2.75, 3.05) is 0 Å². The van der Waals surface area contributed by atoms with Crippen LogP contribution in [0.1, 0.15) is 39.5 Å². The van der Waals surface area contributed by atoms with Gasteiger partial charge in [-0.15, -0.1) is 0 Å². The molecular formula is C9H20N2O3. The molecule has 4 N–H and O–H groups in total. The zero-order valence-corrected chi connectivity index (χ0v) is 8.79. The first-order valence-corrected chi connectivity index (χ1v) is 5.04. The maximum atomic E-state index is 10.2. The van der Waals surface area contributed by atoms with Gasteiger partial charge in [-0.1, -0.05) is 26.7 Å². The molecular weight excluding hydrogens is 184 g/mol. The Labute approximate surface area is 84.5 Å². The van der Waals surface area contributed by atoms with E-state index in [0.717, 1.165) is 12.8 Å². The molecule has 5 heteroatoms. The molecule has 0 radical (unpaired) electrons. The Morgan fingerprint density at radius 1 is 1.43 bits per heavy atom. The average molecular weight is 204 g/mol. The smallest absolute Gasteiger partial charge is 0.419 e. The predicted molar refractivity (Wildman–Crippen MR) is 53.9 cm³/mol. The quantitative estimate of drug-likeness (QED) is 0.468. The van der Waals surface area contributed by atoms with Crippen LogP contribution in [-0.2, 0) is 0 Å². The van der Waals surface area contributed by atoms with E-state index in [1.165, 1.54) is 0 Å². The third-order valence-corrected chi connectivity index (χ3v) is 2.12. The number of hydrogen-bond donors (Lipinski definition) is 4. The highest BCUT2D eigenvalue weighted by molar-refractivity contribution is 5.63. The van der Waals surface area contributed by atoms with Gasteiger partial charge >= 0.3 is 6.09 Å². The second-order valence-corrected chi connectivity index (χ2v) is 3.30. The molecule has 0 fully saturated rings. The summed E-state index contributed by atoms with van der Waals surface area (Å²) >= 11 is 0. The molecule has 0 bridgehead atoms. The summed E-state index contributed by atoms with van der Waals surface area (Å²) in [6.45, 7) is 3.95. The van der Waals surface area contributed by atoms with E-state index in [4.69, 9.17) is 5.11 Å². The number of amides is 1. The molecule has 5 nitrogen and oxygen atoms in total. The molecule has 14 heavy (non-hydrogen) atoms. The van der Waals surface area contributed by atoms with Gasteiger partial charge in [0.1, 0.15) is 0 Å². The van der Waals surface area contributed by atoms with Crippen LogP contribution in [0, 0.1) is 0 Å². The number of aliphatic hydroxyl groups is 1. The van der Waals surface area contributed by atoms with Crippen molar-refractivity contribution in [3.63, 3.8) is 0 Å². The van der Waals surface area contributed by atoms with E-state index in [-0.39, 0.29) is 6.04 Å². The molecule has 1 amide bonds. The molecule has 0 aliphatic heterocycles. The van der Waals surface area contributed by atoms with Gasteiger partial charge in [0.2, 0.25) is 0 Å². The number of unbranched alkanes of at least 4 members (excludes halogenated alkanes) is 1. The minimum Gasteiger partial charge on any atom is -0.464 e. The number of carboxylic acid groups (broad SMARTS) is 1. The van der Waals surface area contributed by atoms with Gasteiger partial charge in [-0.3, -0.25) is 5.43 Å². The molecule has 0 aliphatic rings. The van der Waals surface area contributed by atoms with Crippen molar-refractivity contribution in [2.24, 2.45) is 0 Å². The van der Waals surface area contributed by atoms with Gasteiger partial charge in [0, 0.05) is 0 Å². The largest absolute Gasteiger partial charge is 0.464 e. The van der Waals surface area contributed by atoms with Crippen molar-refractivity contribution in [2.45, 2.75) is 51.7 Å². The van der Waals surface area contributed by atoms with E-state index >= 15 is 0 Å². The highest BCUT2D eigenvalue weighted by Crippen LogP contribution is 2.06. The number of carbonyl (C=O) groups is 1. The third-order valence-electron chi connectivity index (χ3n) is 2.12. The predicted octanol–water partition coefficient (Wildman–Crippen LogP) is 1.09. The second-order valence-electron chi connectivity index (χ2n) is 3.30. The molecule has 0 heterocycles. The topological polar surface area (TPSA) is 81.6 Å². The van der Waals surface area contributed by atoms with E-state index in [1.807, 2.05) is 6.92 Å². The first-order valence-electron chi connectivity index (χ1n) is 5.04. The lowest BCUT2D eigenvalue weighted by Gasteiger charge is -2.22. The SMILES string of the molecule is CCCCC(O)C(CC)NNC(=O)O. The number of aliphatic hydroxyl groups excluding tert-OH is 1. The van der Waals surface area contributed by atoms with E-state index in [1.54, 1.807) is 0 Å². The highest BCUT2D eigenvalue weighted by atomic mass is 16.4. The Balaban J connectivity index is 3.79. The second kappa shape index (κ2) is 7.58. The Morgan fingerprint density at radius 3 is 2.50 bits per heavy atom. The minimum absolute atomic E-state index is 0.211. The van der Waals surface area contributed by atoms with Crippen LogP contribution in [-0.4, -0.2) is 28.5 Å². The molecule has 0 aromatic rings. The van der Waals surface area contributed by atoms with Crippen LogP contribution < -0.4 is 10.9 Å². The van der Waals surface area contributed by atoms with Gasteiger partial charge in [-0.25, -0.2) is 10.2 Å². The van der Waals surface area contributed by atoms with Gasteiger partial charge in [-0.05, 0) is 12.8 Å². The van der Waals surface area contributed by atoms with Gasteiger partial charge < -0.3 is 10.2 Å². The Hall–Kier alpha value is -0.810. The fourth-order valence-corrected chi connectivity index (χ4v) is 1.24. The van der Waals surface area contributed by atoms with Gasteiger partial charge in [0.05, 0.1) is 12.1 Å². The summed E-state index contributed by atoms with van der Waals surface area (Å²) in [5, 5.41) is 18.0. The van der Waals surface area contributed by atoms with E-state index in [2.05, 4.69) is 17.8 Å². The van der Waals surface area contributed by atoms with Gasteiger partial charge in [-0.2, -0.15) is 0 Å². The molecule has 0 saturated heterocycles. The summed E-state index contributed by atoms with van der Waals surface area (Å²) in [6, 6.07) is -0.211. The monoisotopic (exact) mass is 204 g/mol. The van der Waals surface area contributed by atoms with Crippen molar-refractivity contribution in [3.05, 3.63) is 0 Å². The third kappa shape index (κ3) is 5.77. The number of rotatable bonds is 7. The van der Waals surface area contributed by atoms with Gasteiger partial charge in [0.25, 0.3) is 0 Å². The lowest BCUT2D eigenvalue weighted by molar-refractivity contribution is 0.104. The van der Waals surface area contributed by atoms with E-state index in [0.29, 0.717) is 12.8 Å². The summed E-state index contributed by atoms with van der Waals surface area (Å²) in [4.78, 5) is 10.2. The number of hydrazine groups is 1. The van der Waals surface area contributed by atoms with E-state index in [9.17, 15) is 9.90 Å². The highest BCUT2D eigenvalue weighted by Gasteiger charge is 2.16. The van der Waals surface area contributed by atoms with Crippen LogP contribution in [0.25, 0.3) is 0 Å². The summed E-state index contributed by atoms with van der Waals surface area (Å²) in [5.41, 5.74) is 4.64. The summed E-state index contributed by atoms with van der Waals surface area (Å²) in [6.07, 6.45) is 1.73. The maximum absolute atomic E-state index is 10.2. The average Bonchev–Trinajstić information content (AvgIpc) is 2.15. The van der Waals surface area contributed by atoms with Crippen molar-refractivity contribution in [1.82, 2.24) is 10.9 Å². The Morgan fingerprint density at radius 2 is 2.07 bits per heavy atom. The molecule has 0 spiro atoms. The van der Waals surface area contributed by atoms with Gasteiger partial charge in [0.15, 0.2) is 0 Å². The number of nitrogens with one attached hydrogen (secondary N) is 2. The lowest BCUT2D eigenvalue weighted by Crippen LogP contribution is -2.49. The molecule has 0 aromatic heterocycles. The standard InChI is InChI=1S/C9H20N2O3/c1-3-5-6-8(12)7(4-2)10-11-9(13)14/h7-8,10-12H,3-6H2,1-2H3,(H,13,14). The fourth-order valence-electron chi connectivity index (χ4n) is 1.24.